The van der Waals surface area contributed by atoms with E-state index in [1.54, 1.807) is 14.2 Å². The first-order chi connectivity index (χ1) is 14.6. The molecule has 4 rings (SSSR count). The number of aliphatic hydroxyl groups is 1. The van der Waals surface area contributed by atoms with E-state index in [9.17, 15) is 5.11 Å². The lowest BCUT2D eigenvalue weighted by molar-refractivity contribution is -0.0232. The van der Waals surface area contributed by atoms with Gasteiger partial charge in [0.1, 0.15) is 23.4 Å². The maximum Gasteiger partial charge on any atom is 0.127 e. The maximum absolute atomic E-state index is 10.8. The topological polar surface area (TPSA) is 51.2 Å². The van der Waals surface area contributed by atoms with Gasteiger partial charge in [-0.1, -0.05) is 31.2 Å². The lowest BCUT2D eigenvalue weighted by Crippen LogP contribution is -2.42. The molecule has 2 aromatic carbocycles. The number of methoxy groups -OCH3 is 2. The quantitative estimate of drug-likeness (QED) is 0.749. The number of aryl methyl sites for hydroxylation is 1. The summed E-state index contributed by atoms with van der Waals surface area (Å²) in [5.74, 6) is 3.15. The van der Waals surface area contributed by atoms with Crippen molar-refractivity contribution in [3.8, 4) is 17.2 Å². The standard InChI is InChI=1S/C25H33NO4/c1-4-17-7-5-6-8-18(17)14-26-15-19-9-24(27)25(10-20(19)16-26)30-23-12-21(28-2)11-22(13-23)29-3/h5-8,11-13,19-20,24-25,27H,4,9-10,14-16H2,1-3H3/t19-,20+,24+,25+/m0/s1. The molecule has 5 nitrogen and oxygen atoms in total. The van der Waals surface area contributed by atoms with Crippen LogP contribution in [-0.2, 0) is 13.0 Å². The van der Waals surface area contributed by atoms with E-state index in [0.717, 1.165) is 38.9 Å². The van der Waals surface area contributed by atoms with Gasteiger partial charge >= 0.3 is 0 Å². The molecule has 4 atom stereocenters. The molecule has 1 saturated carbocycles. The molecule has 0 aromatic heterocycles. The Morgan fingerprint density at radius 2 is 1.50 bits per heavy atom. The predicted molar refractivity (Wildman–Crippen MR) is 117 cm³/mol. The number of hydrogen-bond acceptors (Lipinski definition) is 5. The lowest BCUT2D eigenvalue weighted by Gasteiger charge is -2.35. The fourth-order valence-corrected chi connectivity index (χ4v) is 5.06. The second kappa shape index (κ2) is 9.27. The monoisotopic (exact) mass is 411 g/mol. The van der Waals surface area contributed by atoms with Gasteiger partial charge in [0.25, 0.3) is 0 Å². The summed E-state index contributed by atoms with van der Waals surface area (Å²) < 4.78 is 16.9. The van der Waals surface area contributed by atoms with Crippen LogP contribution in [0.3, 0.4) is 0 Å². The first-order valence-electron chi connectivity index (χ1n) is 11.0. The number of likely N-dealkylation sites (tertiary alicyclic amines) is 1. The number of fused-ring (bicyclic) bond motifs is 1. The second-order valence-corrected chi connectivity index (χ2v) is 8.58. The second-order valence-electron chi connectivity index (χ2n) is 8.58. The zero-order valence-electron chi connectivity index (χ0n) is 18.2. The van der Waals surface area contributed by atoms with E-state index in [1.165, 1.54) is 11.1 Å². The summed E-state index contributed by atoms with van der Waals surface area (Å²) in [4.78, 5) is 2.55. The van der Waals surface area contributed by atoms with Crippen LogP contribution in [-0.4, -0.2) is 49.5 Å². The molecular weight excluding hydrogens is 378 g/mol. The first-order valence-corrected chi connectivity index (χ1v) is 11.0. The fraction of sp³-hybridized carbons (Fsp3) is 0.520. The molecule has 2 aromatic rings. The number of rotatable bonds is 7. The summed E-state index contributed by atoms with van der Waals surface area (Å²) in [5, 5.41) is 10.8. The molecule has 0 unspecified atom stereocenters. The van der Waals surface area contributed by atoms with Crippen LogP contribution in [0.5, 0.6) is 17.2 Å². The van der Waals surface area contributed by atoms with Crippen LogP contribution in [0.1, 0.15) is 30.9 Å². The Kier molecular flexibility index (Phi) is 6.49. The van der Waals surface area contributed by atoms with Gasteiger partial charge in [-0.2, -0.15) is 0 Å². The average Bonchev–Trinajstić information content (AvgIpc) is 3.14. The molecule has 0 bridgehead atoms. The van der Waals surface area contributed by atoms with E-state index in [0.29, 0.717) is 29.1 Å². The average molecular weight is 412 g/mol. The molecule has 1 saturated heterocycles. The van der Waals surface area contributed by atoms with Gasteiger partial charge in [0.15, 0.2) is 0 Å². The molecule has 1 aliphatic carbocycles. The number of nitrogens with zero attached hydrogens (tertiary/aromatic N) is 1. The fourth-order valence-electron chi connectivity index (χ4n) is 5.06. The van der Waals surface area contributed by atoms with E-state index < -0.39 is 6.10 Å². The minimum atomic E-state index is -0.452. The highest BCUT2D eigenvalue weighted by Crippen LogP contribution is 2.39. The van der Waals surface area contributed by atoms with Crippen molar-refractivity contribution in [1.29, 1.82) is 0 Å². The number of ether oxygens (including phenoxy) is 3. The molecule has 5 heteroatoms. The summed E-state index contributed by atoms with van der Waals surface area (Å²) in [5.41, 5.74) is 2.86. The Bertz CT molecular complexity index is 833. The minimum Gasteiger partial charge on any atom is -0.496 e. The Morgan fingerprint density at radius 1 is 0.900 bits per heavy atom. The van der Waals surface area contributed by atoms with E-state index >= 15 is 0 Å². The number of aliphatic hydroxyl groups excluding tert-OH is 1. The van der Waals surface area contributed by atoms with E-state index in [2.05, 4.69) is 36.1 Å². The first kappa shape index (κ1) is 21.0. The molecule has 2 aliphatic rings. The van der Waals surface area contributed by atoms with Crippen molar-refractivity contribution >= 4 is 0 Å². The van der Waals surface area contributed by atoms with Crippen molar-refractivity contribution in [2.45, 2.75) is 44.9 Å². The Hall–Kier alpha value is -2.24. The molecule has 30 heavy (non-hydrogen) atoms. The molecule has 1 N–H and O–H groups in total. The van der Waals surface area contributed by atoms with Crippen LogP contribution < -0.4 is 14.2 Å². The van der Waals surface area contributed by atoms with E-state index in [4.69, 9.17) is 14.2 Å². The zero-order valence-corrected chi connectivity index (χ0v) is 18.2. The van der Waals surface area contributed by atoms with Crippen molar-refractivity contribution in [2.75, 3.05) is 27.3 Å². The highest BCUT2D eigenvalue weighted by Gasteiger charge is 2.42. The van der Waals surface area contributed by atoms with Gasteiger partial charge in [-0.15, -0.1) is 0 Å². The Balaban J connectivity index is 1.41. The van der Waals surface area contributed by atoms with Gasteiger partial charge in [-0.3, -0.25) is 4.90 Å². The summed E-state index contributed by atoms with van der Waals surface area (Å²) in [6, 6.07) is 14.3. The molecule has 0 amide bonds. The molecule has 1 aliphatic heterocycles. The van der Waals surface area contributed by atoms with Gasteiger partial charge in [0.2, 0.25) is 0 Å². The summed E-state index contributed by atoms with van der Waals surface area (Å²) in [6.45, 7) is 5.33. The van der Waals surface area contributed by atoms with Crippen LogP contribution >= 0.6 is 0 Å². The number of benzene rings is 2. The summed E-state index contributed by atoms with van der Waals surface area (Å²) in [7, 11) is 3.25. The molecule has 2 fully saturated rings. The molecule has 0 spiro atoms. The molecule has 162 valence electrons. The Labute approximate surface area is 179 Å². The Morgan fingerprint density at radius 3 is 2.13 bits per heavy atom. The molecule has 1 heterocycles. The third-order valence-corrected chi connectivity index (χ3v) is 6.67. The van der Waals surface area contributed by atoms with Crippen molar-refractivity contribution in [2.24, 2.45) is 11.8 Å². The zero-order chi connectivity index (χ0) is 21.1. The highest BCUT2D eigenvalue weighted by molar-refractivity contribution is 5.42. The van der Waals surface area contributed by atoms with Crippen LogP contribution in [0, 0.1) is 11.8 Å². The van der Waals surface area contributed by atoms with Gasteiger partial charge < -0.3 is 19.3 Å². The highest BCUT2D eigenvalue weighted by atomic mass is 16.5. The van der Waals surface area contributed by atoms with Gasteiger partial charge in [0.05, 0.1) is 20.3 Å². The minimum absolute atomic E-state index is 0.203. The van der Waals surface area contributed by atoms with Crippen LogP contribution in [0.15, 0.2) is 42.5 Å². The third kappa shape index (κ3) is 4.57. The summed E-state index contributed by atoms with van der Waals surface area (Å²) in [6.07, 6.45) is 2.08. The third-order valence-electron chi connectivity index (χ3n) is 6.67. The van der Waals surface area contributed by atoms with Gasteiger partial charge in [-0.05, 0) is 42.2 Å². The SMILES string of the molecule is CCc1ccccc1CN1C[C@H]2C[C@@H](Oc3cc(OC)cc(OC)c3)[C@H](O)C[C@H]2C1. The molecular formula is C25H33NO4. The van der Waals surface area contributed by atoms with Crippen LogP contribution in [0.25, 0.3) is 0 Å². The van der Waals surface area contributed by atoms with Crippen LogP contribution in [0.2, 0.25) is 0 Å². The molecule has 0 radical (unpaired) electrons. The maximum atomic E-state index is 10.8. The lowest BCUT2D eigenvalue weighted by atomic mass is 9.78. The predicted octanol–water partition coefficient (Wildman–Crippen LogP) is 3.92. The van der Waals surface area contributed by atoms with Crippen molar-refractivity contribution in [1.82, 2.24) is 4.90 Å². The van der Waals surface area contributed by atoms with Crippen molar-refractivity contribution < 1.29 is 19.3 Å². The summed E-state index contributed by atoms with van der Waals surface area (Å²) >= 11 is 0. The van der Waals surface area contributed by atoms with Crippen molar-refractivity contribution in [3.05, 3.63) is 53.6 Å². The normalized spacial score (nSPS) is 26.3. The largest absolute Gasteiger partial charge is 0.496 e. The van der Waals surface area contributed by atoms with Crippen molar-refractivity contribution in [3.63, 3.8) is 0 Å². The van der Waals surface area contributed by atoms with E-state index in [1.807, 2.05) is 18.2 Å². The number of hydrogen-bond donors (Lipinski definition) is 1. The smallest absolute Gasteiger partial charge is 0.127 e. The van der Waals surface area contributed by atoms with E-state index in [-0.39, 0.29) is 6.10 Å². The van der Waals surface area contributed by atoms with Gasteiger partial charge in [0, 0.05) is 37.8 Å². The van der Waals surface area contributed by atoms with Gasteiger partial charge in [-0.25, -0.2) is 0 Å². The van der Waals surface area contributed by atoms with Crippen LogP contribution in [0.4, 0.5) is 0 Å².